The Morgan fingerprint density at radius 1 is 1.16 bits per heavy atom. The molecule has 2 atom stereocenters. The molecule has 0 saturated heterocycles. The Kier molecular flexibility index (Phi) is 4.37. The second-order valence-electron chi connectivity index (χ2n) is 4.46. The van der Waals surface area contributed by atoms with E-state index in [0.29, 0.717) is 18.5 Å². The van der Waals surface area contributed by atoms with Crippen LogP contribution in [0.1, 0.15) is 12.8 Å². The Balaban J connectivity index is 2.13. The summed E-state index contributed by atoms with van der Waals surface area (Å²) in [5.41, 5.74) is 0.659. The van der Waals surface area contributed by atoms with Crippen LogP contribution >= 0.6 is 15.9 Å². The molecule has 1 aliphatic rings. The highest BCUT2D eigenvalue weighted by Crippen LogP contribution is 2.28. The molecule has 0 bridgehead atoms. The van der Waals surface area contributed by atoms with E-state index in [1.807, 2.05) is 30.4 Å². The van der Waals surface area contributed by atoms with Gasteiger partial charge in [0.1, 0.15) is 0 Å². The number of anilines is 1. The molecule has 4 nitrogen and oxygen atoms in total. The molecule has 0 saturated carbocycles. The fourth-order valence-electron chi connectivity index (χ4n) is 2.16. The number of rotatable bonds is 3. The van der Waals surface area contributed by atoms with Crippen LogP contribution in [0.2, 0.25) is 0 Å². The van der Waals surface area contributed by atoms with E-state index in [1.54, 1.807) is 6.07 Å². The molecule has 2 rings (SSSR count). The number of benzene rings is 1. The average Bonchev–Trinajstić information content (AvgIpc) is 2.41. The molecular weight excluding hydrogens is 310 g/mol. The van der Waals surface area contributed by atoms with Gasteiger partial charge in [0.15, 0.2) is 0 Å². The van der Waals surface area contributed by atoms with Gasteiger partial charge < -0.3 is 10.4 Å². The van der Waals surface area contributed by atoms with E-state index in [1.165, 1.54) is 0 Å². The number of carbonyl (C=O) groups is 2. The summed E-state index contributed by atoms with van der Waals surface area (Å²) < 4.78 is 0.779. The number of carbonyl (C=O) groups excluding carboxylic acids is 1. The Morgan fingerprint density at radius 2 is 1.79 bits per heavy atom. The van der Waals surface area contributed by atoms with Crippen molar-refractivity contribution < 1.29 is 14.7 Å². The number of para-hydroxylation sites is 1. The summed E-state index contributed by atoms with van der Waals surface area (Å²) in [7, 11) is 0. The van der Waals surface area contributed by atoms with E-state index < -0.39 is 17.8 Å². The number of hydrogen-bond donors (Lipinski definition) is 2. The third kappa shape index (κ3) is 3.23. The van der Waals surface area contributed by atoms with Crippen LogP contribution in [0.3, 0.4) is 0 Å². The highest BCUT2D eigenvalue weighted by atomic mass is 79.9. The lowest BCUT2D eigenvalue weighted by molar-refractivity contribution is -0.146. The molecule has 1 aromatic carbocycles. The van der Waals surface area contributed by atoms with Crippen molar-refractivity contribution in [2.45, 2.75) is 12.8 Å². The summed E-state index contributed by atoms with van der Waals surface area (Å²) in [5, 5.41) is 11.9. The number of carboxylic acids is 1. The average molecular weight is 324 g/mol. The van der Waals surface area contributed by atoms with Gasteiger partial charge in [0.2, 0.25) is 5.91 Å². The van der Waals surface area contributed by atoms with Gasteiger partial charge in [-0.1, -0.05) is 24.3 Å². The van der Waals surface area contributed by atoms with Crippen molar-refractivity contribution in [3.63, 3.8) is 0 Å². The smallest absolute Gasteiger partial charge is 0.307 e. The molecule has 1 amide bonds. The molecule has 1 aliphatic carbocycles. The van der Waals surface area contributed by atoms with Crippen molar-refractivity contribution in [1.82, 2.24) is 0 Å². The van der Waals surface area contributed by atoms with Crippen LogP contribution in [-0.4, -0.2) is 17.0 Å². The molecule has 100 valence electrons. The van der Waals surface area contributed by atoms with Crippen LogP contribution in [0.5, 0.6) is 0 Å². The minimum absolute atomic E-state index is 0.247. The molecular formula is C14H14BrNO3. The van der Waals surface area contributed by atoms with Gasteiger partial charge >= 0.3 is 5.97 Å². The summed E-state index contributed by atoms with van der Waals surface area (Å²) in [6, 6.07) is 7.26. The predicted octanol–water partition coefficient (Wildman–Crippen LogP) is 3.05. The molecule has 2 N–H and O–H groups in total. The molecule has 0 fully saturated rings. The van der Waals surface area contributed by atoms with E-state index in [-0.39, 0.29) is 5.91 Å². The number of allylic oxidation sites excluding steroid dienone is 2. The van der Waals surface area contributed by atoms with Crippen LogP contribution in [0, 0.1) is 11.8 Å². The van der Waals surface area contributed by atoms with Crippen molar-refractivity contribution in [2.75, 3.05) is 5.32 Å². The first-order chi connectivity index (χ1) is 9.09. The van der Waals surface area contributed by atoms with Gasteiger partial charge in [-0.2, -0.15) is 0 Å². The van der Waals surface area contributed by atoms with E-state index in [2.05, 4.69) is 21.2 Å². The van der Waals surface area contributed by atoms with E-state index in [4.69, 9.17) is 5.11 Å². The summed E-state index contributed by atoms with van der Waals surface area (Å²) in [5.74, 6) is -2.33. The molecule has 1 aromatic rings. The number of hydrogen-bond acceptors (Lipinski definition) is 2. The molecule has 19 heavy (non-hydrogen) atoms. The lowest BCUT2D eigenvalue weighted by Crippen LogP contribution is -2.34. The summed E-state index contributed by atoms with van der Waals surface area (Å²) in [4.78, 5) is 23.4. The Labute approximate surface area is 119 Å². The first-order valence-electron chi connectivity index (χ1n) is 6.03. The molecule has 0 aliphatic heterocycles. The summed E-state index contributed by atoms with van der Waals surface area (Å²) in [6.07, 6.45) is 4.56. The SMILES string of the molecule is O=C(Nc1ccccc1Br)[C@H]1CC=CC[C@H]1C(=O)O. The van der Waals surface area contributed by atoms with Gasteiger partial charge in [-0.15, -0.1) is 0 Å². The van der Waals surface area contributed by atoms with Crippen LogP contribution in [0.15, 0.2) is 40.9 Å². The quantitative estimate of drug-likeness (QED) is 0.840. The molecule has 0 unspecified atom stereocenters. The van der Waals surface area contributed by atoms with Gasteiger partial charge in [0, 0.05) is 4.47 Å². The van der Waals surface area contributed by atoms with E-state index >= 15 is 0 Å². The minimum Gasteiger partial charge on any atom is -0.481 e. The standard InChI is InChI=1S/C14H14BrNO3/c15-11-7-3-4-8-12(11)16-13(17)9-5-1-2-6-10(9)14(18)19/h1-4,7-10H,5-6H2,(H,16,17)(H,18,19)/t9-,10+/m0/s1. The fraction of sp³-hybridized carbons (Fsp3) is 0.286. The predicted molar refractivity (Wildman–Crippen MR) is 75.8 cm³/mol. The van der Waals surface area contributed by atoms with Crippen molar-refractivity contribution in [2.24, 2.45) is 11.8 Å². The lowest BCUT2D eigenvalue weighted by atomic mass is 9.82. The highest BCUT2D eigenvalue weighted by Gasteiger charge is 2.34. The normalized spacial score (nSPS) is 21.9. The number of aliphatic carboxylic acids is 1. The third-order valence-electron chi connectivity index (χ3n) is 3.22. The largest absolute Gasteiger partial charge is 0.481 e. The van der Waals surface area contributed by atoms with Gasteiger partial charge in [0.05, 0.1) is 17.5 Å². The zero-order chi connectivity index (χ0) is 13.8. The van der Waals surface area contributed by atoms with Crippen molar-refractivity contribution in [3.8, 4) is 0 Å². The molecule has 0 aromatic heterocycles. The number of nitrogens with one attached hydrogen (secondary N) is 1. The summed E-state index contributed by atoms with van der Waals surface area (Å²) >= 11 is 3.35. The van der Waals surface area contributed by atoms with Crippen LogP contribution in [-0.2, 0) is 9.59 Å². The van der Waals surface area contributed by atoms with Gasteiger partial charge in [-0.3, -0.25) is 9.59 Å². The van der Waals surface area contributed by atoms with Crippen LogP contribution in [0.4, 0.5) is 5.69 Å². The van der Waals surface area contributed by atoms with Gasteiger partial charge in [-0.25, -0.2) is 0 Å². The van der Waals surface area contributed by atoms with Crippen LogP contribution < -0.4 is 5.32 Å². The minimum atomic E-state index is -0.920. The molecule has 0 radical (unpaired) electrons. The zero-order valence-electron chi connectivity index (χ0n) is 10.2. The Hall–Kier alpha value is -1.62. The van der Waals surface area contributed by atoms with Gasteiger partial charge in [-0.05, 0) is 40.9 Å². The van der Waals surface area contributed by atoms with Crippen molar-refractivity contribution in [1.29, 1.82) is 0 Å². The fourth-order valence-corrected chi connectivity index (χ4v) is 2.55. The maximum absolute atomic E-state index is 12.2. The number of amides is 1. The second kappa shape index (κ2) is 6.02. The number of carboxylic acid groups (broad SMARTS) is 1. The van der Waals surface area contributed by atoms with Crippen molar-refractivity contribution >= 4 is 33.5 Å². The maximum Gasteiger partial charge on any atom is 0.307 e. The van der Waals surface area contributed by atoms with E-state index in [9.17, 15) is 9.59 Å². The first kappa shape index (κ1) is 13.8. The molecule has 5 heteroatoms. The second-order valence-corrected chi connectivity index (χ2v) is 5.32. The molecule has 0 spiro atoms. The summed E-state index contributed by atoms with van der Waals surface area (Å²) in [6.45, 7) is 0. The Bertz CT molecular complexity index is 527. The lowest BCUT2D eigenvalue weighted by Gasteiger charge is -2.24. The van der Waals surface area contributed by atoms with Crippen LogP contribution in [0.25, 0.3) is 0 Å². The van der Waals surface area contributed by atoms with Crippen molar-refractivity contribution in [3.05, 3.63) is 40.9 Å². The highest BCUT2D eigenvalue weighted by molar-refractivity contribution is 9.10. The zero-order valence-corrected chi connectivity index (χ0v) is 11.8. The Morgan fingerprint density at radius 3 is 2.42 bits per heavy atom. The monoisotopic (exact) mass is 323 g/mol. The maximum atomic E-state index is 12.2. The van der Waals surface area contributed by atoms with E-state index in [0.717, 1.165) is 4.47 Å². The topological polar surface area (TPSA) is 66.4 Å². The molecule has 0 heterocycles. The number of halogens is 1. The third-order valence-corrected chi connectivity index (χ3v) is 3.91. The van der Waals surface area contributed by atoms with Gasteiger partial charge in [0.25, 0.3) is 0 Å². The first-order valence-corrected chi connectivity index (χ1v) is 6.82.